The molecule has 0 spiro atoms. The van der Waals surface area contributed by atoms with Gasteiger partial charge in [0.2, 0.25) is 5.78 Å². The zero-order valence-electron chi connectivity index (χ0n) is 6.60. The van der Waals surface area contributed by atoms with Crippen LogP contribution in [0.5, 0.6) is 0 Å². The fourth-order valence-corrected chi connectivity index (χ4v) is 0.944. The Morgan fingerprint density at radius 3 is 2.42 bits per heavy atom. The summed E-state index contributed by atoms with van der Waals surface area (Å²) < 4.78 is 28.4. The third-order valence-electron chi connectivity index (χ3n) is 1.48. The number of hydrogen-bond donors (Lipinski definition) is 0. The number of aryl methyl sites for hydroxylation is 2. The molecule has 0 amide bonds. The van der Waals surface area contributed by atoms with E-state index in [0.29, 0.717) is 0 Å². The number of halogens is 2. The second kappa shape index (κ2) is 3.00. The van der Waals surface area contributed by atoms with E-state index in [-0.39, 0.29) is 17.0 Å². The van der Waals surface area contributed by atoms with E-state index >= 15 is 0 Å². The Hall–Kier alpha value is -1.26. The van der Waals surface area contributed by atoms with Crippen LogP contribution in [0.15, 0.2) is 4.52 Å². The van der Waals surface area contributed by atoms with Crippen molar-refractivity contribution in [3.63, 3.8) is 0 Å². The van der Waals surface area contributed by atoms with Crippen molar-refractivity contribution in [3.8, 4) is 0 Å². The summed E-state index contributed by atoms with van der Waals surface area (Å²) in [6.07, 6.45) is -3.00. The minimum atomic E-state index is -3.00. The van der Waals surface area contributed by atoms with E-state index in [2.05, 4.69) is 9.68 Å². The number of ketones is 1. The van der Waals surface area contributed by atoms with Gasteiger partial charge in [0, 0.05) is 0 Å². The number of nitrogens with zero attached hydrogens (tertiary/aromatic N) is 1. The van der Waals surface area contributed by atoms with E-state index in [1.54, 1.807) is 0 Å². The predicted molar refractivity (Wildman–Crippen MR) is 36.3 cm³/mol. The quantitative estimate of drug-likeness (QED) is 0.643. The molecule has 0 unspecified atom stereocenters. The molecule has 1 rings (SSSR count). The van der Waals surface area contributed by atoms with Gasteiger partial charge in [-0.2, -0.15) is 0 Å². The van der Waals surface area contributed by atoms with E-state index in [0.717, 1.165) is 0 Å². The van der Waals surface area contributed by atoms with Gasteiger partial charge in [-0.15, -0.1) is 0 Å². The summed E-state index contributed by atoms with van der Waals surface area (Å²) in [5.74, 6) is -1.09. The van der Waals surface area contributed by atoms with Crippen molar-refractivity contribution < 1.29 is 18.1 Å². The van der Waals surface area contributed by atoms with Crippen molar-refractivity contribution in [2.45, 2.75) is 20.3 Å². The minimum absolute atomic E-state index is 0.106. The summed E-state index contributed by atoms with van der Waals surface area (Å²) in [6.45, 7) is 2.88. The maximum Gasteiger partial charge on any atom is 0.300 e. The highest BCUT2D eigenvalue weighted by Crippen LogP contribution is 2.16. The summed E-state index contributed by atoms with van der Waals surface area (Å²) in [7, 11) is 0. The van der Waals surface area contributed by atoms with Crippen LogP contribution in [-0.2, 0) is 0 Å². The van der Waals surface area contributed by atoms with Gasteiger partial charge in [0.1, 0.15) is 5.76 Å². The zero-order valence-corrected chi connectivity index (χ0v) is 6.60. The largest absolute Gasteiger partial charge is 0.361 e. The second-order valence-corrected chi connectivity index (χ2v) is 2.36. The van der Waals surface area contributed by atoms with Crippen molar-refractivity contribution in [3.05, 3.63) is 17.0 Å². The summed E-state index contributed by atoms with van der Waals surface area (Å²) in [5.41, 5.74) is 0.0998. The fraction of sp³-hybridized carbons (Fsp3) is 0.429. The van der Waals surface area contributed by atoms with E-state index in [4.69, 9.17) is 0 Å². The SMILES string of the molecule is Cc1noc(C)c1C(=O)C(F)F. The van der Waals surface area contributed by atoms with Crippen molar-refractivity contribution in [1.29, 1.82) is 0 Å². The lowest BCUT2D eigenvalue weighted by Gasteiger charge is -1.95. The van der Waals surface area contributed by atoms with Crippen molar-refractivity contribution in [2.75, 3.05) is 0 Å². The zero-order chi connectivity index (χ0) is 9.30. The molecule has 3 nitrogen and oxygen atoms in total. The highest BCUT2D eigenvalue weighted by molar-refractivity contribution is 6.00. The minimum Gasteiger partial charge on any atom is -0.361 e. The van der Waals surface area contributed by atoms with Crippen LogP contribution in [0.4, 0.5) is 8.78 Å². The molecule has 66 valence electrons. The third-order valence-corrected chi connectivity index (χ3v) is 1.48. The first kappa shape index (κ1) is 8.83. The maximum atomic E-state index is 11.9. The van der Waals surface area contributed by atoms with Crippen LogP contribution in [-0.4, -0.2) is 17.4 Å². The van der Waals surface area contributed by atoms with E-state index in [1.807, 2.05) is 0 Å². The molecule has 0 saturated carbocycles. The first-order valence-corrected chi connectivity index (χ1v) is 3.29. The van der Waals surface area contributed by atoms with Crippen LogP contribution in [0.3, 0.4) is 0 Å². The van der Waals surface area contributed by atoms with Gasteiger partial charge >= 0.3 is 6.43 Å². The Bertz CT molecular complexity index is 287. The van der Waals surface area contributed by atoms with Gasteiger partial charge in [-0.25, -0.2) is 8.78 Å². The average Bonchev–Trinajstić information content (AvgIpc) is 2.30. The molecule has 0 N–H and O–H groups in total. The van der Waals surface area contributed by atoms with Gasteiger partial charge < -0.3 is 4.52 Å². The second-order valence-electron chi connectivity index (χ2n) is 2.36. The van der Waals surface area contributed by atoms with Gasteiger partial charge in [0.15, 0.2) is 0 Å². The van der Waals surface area contributed by atoms with Crippen LogP contribution in [0.25, 0.3) is 0 Å². The fourth-order valence-electron chi connectivity index (χ4n) is 0.944. The van der Waals surface area contributed by atoms with E-state index < -0.39 is 12.2 Å². The van der Waals surface area contributed by atoms with E-state index in [1.165, 1.54) is 13.8 Å². The van der Waals surface area contributed by atoms with Gasteiger partial charge in [0.25, 0.3) is 0 Å². The standard InChI is InChI=1S/C7H7F2NO2/c1-3-5(4(2)12-10-3)6(11)7(8)9/h7H,1-2H3. The number of hydrogen-bond acceptors (Lipinski definition) is 3. The third kappa shape index (κ3) is 1.34. The average molecular weight is 175 g/mol. The molecule has 1 aromatic rings. The van der Waals surface area contributed by atoms with Gasteiger partial charge in [0.05, 0.1) is 11.3 Å². The monoisotopic (exact) mass is 175 g/mol. The molecular formula is C7H7F2NO2. The normalized spacial score (nSPS) is 10.8. The Kier molecular flexibility index (Phi) is 2.21. The number of carbonyl (C=O) groups is 1. The number of carbonyl (C=O) groups excluding carboxylic acids is 1. The molecule has 5 heteroatoms. The van der Waals surface area contributed by atoms with Crippen molar-refractivity contribution >= 4 is 5.78 Å². The predicted octanol–water partition coefficient (Wildman–Crippen LogP) is 1.74. The number of rotatable bonds is 2. The van der Waals surface area contributed by atoms with Crippen molar-refractivity contribution in [2.24, 2.45) is 0 Å². The number of Topliss-reactive ketones (excluding diaryl/α,β-unsaturated/α-hetero) is 1. The summed E-state index contributed by atoms with van der Waals surface area (Å²) in [5, 5.41) is 3.39. The number of aromatic nitrogens is 1. The molecular weight excluding hydrogens is 168 g/mol. The Balaban J connectivity index is 3.09. The first-order valence-electron chi connectivity index (χ1n) is 3.29. The maximum absolute atomic E-state index is 11.9. The summed E-state index contributed by atoms with van der Waals surface area (Å²) in [6, 6.07) is 0. The molecule has 0 aliphatic heterocycles. The van der Waals surface area contributed by atoms with Gasteiger partial charge in [-0.1, -0.05) is 5.16 Å². The lowest BCUT2D eigenvalue weighted by atomic mass is 10.1. The molecule has 0 fully saturated rings. The summed E-state index contributed by atoms with van der Waals surface area (Å²) in [4.78, 5) is 10.8. The molecule has 0 aliphatic rings. The molecule has 0 bridgehead atoms. The smallest absolute Gasteiger partial charge is 0.300 e. The van der Waals surface area contributed by atoms with Crippen LogP contribution in [0, 0.1) is 13.8 Å². The Morgan fingerprint density at radius 2 is 2.08 bits per heavy atom. The molecule has 0 aliphatic carbocycles. The van der Waals surface area contributed by atoms with Crippen molar-refractivity contribution in [1.82, 2.24) is 5.16 Å². The molecule has 1 heterocycles. The molecule has 1 aromatic heterocycles. The lowest BCUT2D eigenvalue weighted by molar-refractivity contribution is 0.0676. The van der Waals surface area contributed by atoms with Crippen LogP contribution in [0.2, 0.25) is 0 Å². The van der Waals surface area contributed by atoms with E-state index in [9.17, 15) is 13.6 Å². The summed E-state index contributed by atoms with van der Waals surface area (Å²) >= 11 is 0. The molecule has 12 heavy (non-hydrogen) atoms. The first-order chi connectivity index (χ1) is 5.54. The van der Waals surface area contributed by atoms with Gasteiger partial charge in [-0.05, 0) is 13.8 Å². The molecule has 0 aromatic carbocycles. The lowest BCUT2D eigenvalue weighted by Crippen LogP contribution is -2.11. The van der Waals surface area contributed by atoms with Crippen LogP contribution >= 0.6 is 0 Å². The Labute approximate surface area is 67.3 Å². The Morgan fingerprint density at radius 1 is 1.50 bits per heavy atom. The van der Waals surface area contributed by atoms with Crippen LogP contribution in [0.1, 0.15) is 21.8 Å². The highest BCUT2D eigenvalue weighted by Gasteiger charge is 2.24. The topological polar surface area (TPSA) is 43.1 Å². The molecule has 0 radical (unpaired) electrons. The van der Waals surface area contributed by atoms with Gasteiger partial charge in [-0.3, -0.25) is 4.79 Å². The highest BCUT2D eigenvalue weighted by atomic mass is 19.3. The molecule has 0 saturated heterocycles. The molecule has 0 atom stereocenters. The van der Waals surface area contributed by atoms with Crippen LogP contribution < -0.4 is 0 Å². The number of alkyl halides is 2.